The number of benzene rings is 1. The molecule has 1 aromatic carbocycles. The Labute approximate surface area is 156 Å². The monoisotopic (exact) mass is 357 g/mol. The van der Waals surface area contributed by atoms with E-state index in [1.807, 2.05) is 4.90 Å². The third-order valence-electron chi connectivity index (χ3n) is 5.43. The van der Waals surface area contributed by atoms with Crippen molar-refractivity contribution in [3.63, 3.8) is 0 Å². The van der Waals surface area contributed by atoms with E-state index in [0.717, 1.165) is 58.3 Å². The summed E-state index contributed by atoms with van der Waals surface area (Å²) in [6, 6.07) is 10.9. The number of nitrogens with one attached hydrogen (secondary N) is 1. The van der Waals surface area contributed by atoms with Crippen LogP contribution in [0.1, 0.15) is 44.1 Å². The molecule has 0 bridgehead atoms. The second kappa shape index (κ2) is 9.72. The van der Waals surface area contributed by atoms with E-state index in [9.17, 15) is 9.59 Å². The van der Waals surface area contributed by atoms with E-state index in [2.05, 4.69) is 40.5 Å². The van der Waals surface area contributed by atoms with Gasteiger partial charge in [-0.05, 0) is 50.8 Å². The van der Waals surface area contributed by atoms with Crippen LogP contribution in [0.15, 0.2) is 30.3 Å². The average molecular weight is 357 g/mol. The Morgan fingerprint density at radius 3 is 2.73 bits per heavy atom. The summed E-state index contributed by atoms with van der Waals surface area (Å²) in [5, 5.41) is 3.18. The molecular weight excluding hydrogens is 326 g/mol. The molecule has 1 N–H and O–H groups in total. The first kappa shape index (κ1) is 18.9. The van der Waals surface area contributed by atoms with Gasteiger partial charge in [-0.2, -0.15) is 0 Å². The number of nitrogens with zero attached hydrogens (tertiary/aromatic N) is 2. The molecule has 142 valence electrons. The summed E-state index contributed by atoms with van der Waals surface area (Å²) in [6.07, 6.45) is 6.46. The van der Waals surface area contributed by atoms with Crippen LogP contribution in [0.5, 0.6) is 0 Å². The lowest BCUT2D eigenvalue weighted by Gasteiger charge is -2.33. The molecule has 2 saturated heterocycles. The third kappa shape index (κ3) is 5.84. The summed E-state index contributed by atoms with van der Waals surface area (Å²) in [7, 11) is 0. The van der Waals surface area contributed by atoms with E-state index in [-0.39, 0.29) is 17.9 Å². The van der Waals surface area contributed by atoms with E-state index in [1.165, 1.54) is 5.56 Å². The molecule has 5 nitrogen and oxygen atoms in total. The minimum atomic E-state index is 0.0841. The maximum atomic E-state index is 12.2. The molecule has 5 heteroatoms. The molecule has 0 aliphatic carbocycles. The smallest absolute Gasteiger partial charge is 0.222 e. The van der Waals surface area contributed by atoms with Crippen molar-refractivity contribution in [2.24, 2.45) is 0 Å². The molecule has 2 aliphatic heterocycles. The molecule has 1 unspecified atom stereocenters. The number of rotatable bonds is 8. The molecule has 3 rings (SSSR count). The summed E-state index contributed by atoms with van der Waals surface area (Å²) < 4.78 is 0. The highest BCUT2D eigenvalue weighted by molar-refractivity contribution is 5.80. The second-order valence-corrected chi connectivity index (χ2v) is 7.53. The van der Waals surface area contributed by atoms with Gasteiger partial charge >= 0.3 is 0 Å². The van der Waals surface area contributed by atoms with Crippen molar-refractivity contribution in [2.45, 2.75) is 51.0 Å². The molecule has 26 heavy (non-hydrogen) atoms. The Morgan fingerprint density at radius 2 is 1.96 bits per heavy atom. The Bertz CT molecular complexity index is 590. The van der Waals surface area contributed by atoms with E-state index >= 15 is 0 Å². The summed E-state index contributed by atoms with van der Waals surface area (Å²) in [5.74, 6) is 0.279. The van der Waals surface area contributed by atoms with Crippen molar-refractivity contribution in [3.8, 4) is 0 Å². The molecule has 1 aromatic rings. The fourth-order valence-corrected chi connectivity index (χ4v) is 4.00. The Morgan fingerprint density at radius 1 is 1.12 bits per heavy atom. The molecule has 0 aromatic heterocycles. The summed E-state index contributed by atoms with van der Waals surface area (Å²) in [4.78, 5) is 28.1. The van der Waals surface area contributed by atoms with Crippen LogP contribution in [0.3, 0.4) is 0 Å². The number of carbonyl (C=O) groups excluding carboxylic acids is 2. The number of aryl methyl sites for hydroxylation is 1. The van der Waals surface area contributed by atoms with E-state index in [4.69, 9.17) is 0 Å². The average Bonchev–Trinajstić information content (AvgIpc) is 3.06. The van der Waals surface area contributed by atoms with Crippen LogP contribution in [0.25, 0.3) is 0 Å². The number of carbonyl (C=O) groups is 2. The van der Waals surface area contributed by atoms with Crippen LogP contribution in [0, 0.1) is 0 Å². The molecule has 1 atom stereocenters. The van der Waals surface area contributed by atoms with Crippen molar-refractivity contribution in [1.29, 1.82) is 0 Å². The minimum absolute atomic E-state index is 0.0841. The quantitative estimate of drug-likeness (QED) is 0.776. The Kier molecular flexibility index (Phi) is 7.06. The van der Waals surface area contributed by atoms with Crippen molar-refractivity contribution < 1.29 is 9.59 Å². The predicted octanol–water partition coefficient (Wildman–Crippen LogP) is 2.21. The minimum Gasteiger partial charge on any atom is -0.352 e. The summed E-state index contributed by atoms with van der Waals surface area (Å²) in [6.45, 7) is 4.54. The largest absolute Gasteiger partial charge is 0.352 e. The maximum Gasteiger partial charge on any atom is 0.222 e. The van der Waals surface area contributed by atoms with Gasteiger partial charge in [0.2, 0.25) is 11.8 Å². The second-order valence-electron chi connectivity index (χ2n) is 7.53. The van der Waals surface area contributed by atoms with E-state index < -0.39 is 0 Å². The van der Waals surface area contributed by atoms with Gasteiger partial charge in [0.15, 0.2) is 0 Å². The highest BCUT2D eigenvalue weighted by Crippen LogP contribution is 2.13. The van der Waals surface area contributed by atoms with Gasteiger partial charge in [-0.25, -0.2) is 0 Å². The fourth-order valence-electron chi connectivity index (χ4n) is 4.00. The number of hydrogen-bond donors (Lipinski definition) is 1. The van der Waals surface area contributed by atoms with Crippen LogP contribution in [0.4, 0.5) is 0 Å². The van der Waals surface area contributed by atoms with Crippen LogP contribution >= 0.6 is 0 Å². The molecule has 0 saturated carbocycles. The standard InChI is InChI=1S/C21H31N3O2/c25-20(12-16-24-15-6-11-21(24)26)22-19-10-5-14-23(17-19)13-4-9-18-7-2-1-3-8-18/h1-3,7-8,19H,4-6,9-17H2,(H,22,25). The molecule has 2 aliphatic rings. The van der Waals surface area contributed by atoms with E-state index in [1.54, 1.807) is 0 Å². The maximum absolute atomic E-state index is 12.2. The lowest BCUT2D eigenvalue weighted by molar-refractivity contribution is -0.128. The van der Waals surface area contributed by atoms with Gasteiger partial charge < -0.3 is 15.1 Å². The van der Waals surface area contributed by atoms with Crippen LogP contribution < -0.4 is 5.32 Å². The van der Waals surface area contributed by atoms with Gasteiger partial charge in [0.05, 0.1) is 0 Å². The van der Waals surface area contributed by atoms with E-state index in [0.29, 0.717) is 19.4 Å². The fraction of sp³-hybridized carbons (Fsp3) is 0.619. The topological polar surface area (TPSA) is 52.7 Å². The van der Waals surface area contributed by atoms with Crippen molar-refractivity contribution in [3.05, 3.63) is 35.9 Å². The van der Waals surface area contributed by atoms with Gasteiger partial charge in [-0.1, -0.05) is 30.3 Å². The Hall–Kier alpha value is -1.88. The van der Waals surface area contributed by atoms with Gasteiger partial charge in [0.1, 0.15) is 0 Å². The van der Waals surface area contributed by atoms with Gasteiger partial charge in [0, 0.05) is 38.5 Å². The van der Waals surface area contributed by atoms with Crippen molar-refractivity contribution in [1.82, 2.24) is 15.1 Å². The first-order chi connectivity index (χ1) is 12.7. The van der Waals surface area contributed by atoms with Crippen LogP contribution in [-0.4, -0.2) is 60.4 Å². The van der Waals surface area contributed by atoms with Crippen LogP contribution in [0.2, 0.25) is 0 Å². The van der Waals surface area contributed by atoms with Gasteiger partial charge in [-0.15, -0.1) is 0 Å². The highest BCUT2D eigenvalue weighted by Gasteiger charge is 2.23. The summed E-state index contributed by atoms with van der Waals surface area (Å²) >= 11 is 0. The summed E-state index contributed by atoms with van der Waals surface area (Å²) in [5.41, 5.74) is 1.39. The molecule has 2 fully saturated rings. The van der Waals surface area contributed by atoms with Gasteiger partial charge in [0.25, 0.3) is 0 Å². The highest BCUT2D eigenvalue weighted by atomic mass is 16.2. The lowest BCUT2D eigenvalue weighted by Crippen LogP contribution is -2.48. The normalized spacial score (nSPS) is 21.2. The zero-order valence-corrected chi connectivity index (χ0v) is 15.7. The molecule has 0 radical (unpaired) electrons. The number of amides is 2. The number of piperidine rings is 1. The Balaban J connectivity index is 1.33. The molecule has 0 spiro atoms. The lowest BCUT2D eigenvalue weighted by atomic mass is 10.0. The third-order valence-corrected chi connectivity index (χ3v) is 5.43. The molecular formula is C21H31N3O2. The number of likely N-dealkylation sites (tertiary alicyclic amines) is 2. The zero-order valence-electron chi connectivity index (χ0n) is 15.7. The van der Waals surface area contributed by atoms with Crippen LogP contribution in [-0.2, 0) is 16.0 Å². The van der Waals surface area contributed by atoms with Crippen molar-refractivity contribution >= 4 is 11.8 Å². The molecule has 2 amide bonds. The van der Waals surface area contributed by atoms with Gasteiger partial charge in [-0.3, -0.25) is 9.59 Å². The zero-order chi connectivity index (χ0) is 18.2. The molecule has 2 heterocycles. The van der Waals surface area contributed by atoms with Crippen molar-refractivity contribution in [2.75, 3.05) is 32.7 Å². The first-order valence-electron chi connectivity index (χ1n) is 10.0. The number of hydrogen-bond acceptors (Lipinski definition) is 3. The first-order valence-corrected chi connectivity index (χ1v) is 10.0. The SMILES string of the molecule is O=C(CCN1CCCC1=O)NC1CCCN(CCCc2ccccc2)C1. The predicted molar refractivity (Wildman–Crippen MR) is 103 cm³/mol.